The molecule has 0 heterocycles. The number of carbonyl (C=O) groups is 4. The number of aromatic hydroxyl groups is 1. The molecule has 1 aromatic rings. The molecule has 2 saturated carbocycles. The lowest BCUT2D eigenvalue weighted by molar-refractivity contribution is -0.153. The molecule has 214 valence electrons. The molecule has 4 aliphatic carbocycles. The fraction of sp³-hybridized carbons (Fsp3) is 0.481. The normalized spacial score (nSPS) is 27.9. The van der Waals surface area contributed by atoms with Crippen LogP contribution in [-0.4, -0.2) is 87.5 Å². The van der Waals surface area contributed by atoms with Crippen LogP contribution in [0.3, 0.4) is 0 Å². The van der Waals surface area contributed by atoms with Crippen molar-refractivity contribution in [1.29, 1.82) is 0 Å². The molecule has 0 spiro atoms. The van der Waals surface area contributed by atoms with Crippen molar-refractivity contribution in [1.82, 2.24) is 10.2 Å². The molecule has 0 radical (unpaired) electrons. The Balaban J connectivity index is 1.56. The number of aliphatic hydroxyl groups excluding tert-OH is 2. The van der Waals surface area contributed by atoms with Gasteiger partial charge in [-0.15, -0.1) is 0 Å². The molecule has 8 N–H and O–H groups in total. The first-order valence-electron chi connectivity index (χ1n) is 13.0. The summed E-state index contributed by atoms with van der Waals surface area (Å²) < 4.78 is 15.3. The van der Waals surface area contributed by atoms with Crippen LogP contribution in [0.2, 0.25) is 0 Å². The zero-order valence-electron chi connectivity index (χ0n) is 22.0. The van der Waals surface area contributed by atoms with E-state index in [-0.39, 0.29) is 30.6 Å². The minimum absolute atomic E-state index is 0.0870. The molecule has 0 unspecified atom stereocenters. The molecule has 0 aromatic heterocycles. The molecule has 2 amide bonds. The number of phenolic OH excluding ortho intramolecular Hbond substituents is 1. The van der Waals surface area contributed by atoms with Crippen LogP contribution in [0.4, 0.5) is 10.1 Å². The van der Waals surface area contributed by atoms with Crippen molar-refractivity contribution in [2.24, 2.45) is 23.5 Å². The number of hydrogen-bond acceptors (Lipinski definition) is 10. The standard InChI is InChI=1S/C27H31FN4O8/c1-32(2)20-13-6-11-5-12-14(28)7-15(31-16(33)9-30-8-10-3-4-10)21(34)18(12)22(35)17(11)24(37)27(13,40)25(38)19(23(20)36)26(29)39/h7,10-11,13,20,30,34-35,38,40H,3-6,8-9H2,1-2H3,(H2,29,39)(H,31,33)/t11-,13-,20-,27-/m0/s1. The maximum Gasteiger partial charge on any atom is 0.255 e. The number of carbonyl (C=O) groups excluding carboxylic acids is 4. The van der Waals surface area contributed by atoms with E-state index in [1.165, 1.54) is 19.0 Å². The highest BCUT2D eigenvalue weighted by Crippen LogP contribution is 2.53. The molecule has 12 nitrogen and oxygen atoms in total. The van der Waals surface area contributed by atoms with Gasteiger partial charge < -0.3 is 36.8 Å². The summed E-state index contributed by atoms with van der Waals surface area (Å²) in [5.74, 6) is -9.19. The molecule has 13 heteroatoms. The van der Waals surface area contributed by atoms with E-state index in [9.17, 15) is 39.6 Å². The summed E-state index contributed by atoms with van der Waals surface area (Å²) in [5.41, 5.74) is 0.311. The minimum Gasteiger partial charge on any atom is -0.508 e. The second-order valence-corrected chi connectivity index (χ2v) is 11.2. The van der Waals surface area contributed by atoms with Gasteiger partial charge in [-0.25, -0.2) is 4.39 Å². The van der Waals surface area contributed by atoms with Crippen molar-refractivity contribution in [2.45, 2.75) is 37.3 Å². The molecule has 0 saturated heterocycles. The van der Waals surface area contributed by atoms with E-state index in [0.717, 1.165) is 18.9 Å². The average molecular weight is 559 g/mol. The number of primary amides is 1. The summed E-state index contributed by atoms with van der Waals surface area (Å²) in [7, 11) is 2.98. The molecule has 2 fully saturated rings. The third-order valence-corrected chi connectivity index (χ3v) is 8.36. The topological polar surface area (TPSA) is 203 Å². The van der Waals surface area contributed by atoms with Crippen LogP contribution in [0.25, 0.3) is 5.76 Å². The number of amides is 2. The first-order valence-corrected chi connectivity index (χ1v) is 13.0. The predicted molar refractivity (Wildman–Crippen MR) is 138 cm³/mol. The number of aliphatic hydroxyl groups is 3. The quantitative estimate of drug-likeness (QED) is 0.177. The number of fused-ring (bicyclic) bond motifs is 3. The van der Waals surface area contributed by atoms with Crippen molar-refractivity contribution >= 4 is 34.8 Å². The van der Waals surface area contributed by atoms with Crippen molar-refractivity contribution in [3.63, 3.8) is 0 Å². The average Bonchev–Trinajstić information content (AvgIpc) is 3.68. The summed E-state index contributed by atoms with van der Waals surface area (Å²) in [6.45, 7) is 0.563. The third kappa shape index (κ3) is 4.16. The lowest BCUT2D eigenvalue weighted by atomic mass is 9.57. The van der Waals surface area contributed by atoms with Gasteiger partial charge in [-0.2, -0.15) is 0 Å². The second-order valence-electron chi connectivity index (χ2n) is 11.2. The molecule has 0 bridgehead atoms. The first-order chi connectivity index (χ1) is 18.8. The third-order valence-electron chi connectivity index (χ3n) is 8.36. The van der Waals surface area contributed by atoms with Gasteiger partial charge >= 0.3 is 0 Å². The van der Waals surface area contributed by atoms with Gasteiger partial charge in [0.2, 0.25) is 11.7 Å². The smallest absolute Gasteiger partial charge is 0.255 e. The Morgan fingerprint density at radius 1 is 1.20 bits per heavy atom. The first kappa shape index (κ1) is 27.7. The fourth-order valence-corrected chi connectivity index (χ4v) is 6.27. The Hall–Kier alpha value is -3.81. The molecule has 5 rings (SSSR count). The van der Waals surface area contributed by atoms with Crippen LogP contribution in [-0.2, 0) is 25.6 Å². The molecular formula is C27H31FN4O8. The maximum atomic E-state index is 15.3. The Labute approximate surface area is 228 Å². The Kier molecular flexibility index (Phi) is 6.71. The van der Waals surface area contributed by atoms with Crippen LogP contribution >= 0.6 is 0 Å². The number of nitrogens with two attached hydrogens (primary N) is 1. The molecule has 40 heavy (non-hydrogen) atoms. The van der Waals surface area contributed by atoms with Gasteiger partial charge in [0.15, 0.2) is 17.1 Å². The van der Waals surface area contributed by atoms with Crippen LogP contribution in [0, 0.1) is 23.6 Å². The van der Waals surface area contributed by atoms with Crippen LogP contribution < -0.4 is 16.4 Å². The molecule has 4 aliphatic rings. The van der Waals surface area contributed by atoms with E-state index >= 15 is 4.39 Å². The maximum absolute atomic E-state index is 15.3. The lowest BCUT2D eigenvalue weighted by Crippen LogP contribution is -2.65. The van der Waals surface area contributed by atoms with Crippen molar-refractivity contribution < 1.29 is 44.0 Å². The summed E-state index contributed by atoms with van der Waals surface area (Å²) in [4.78, 5) is 52.7. The van der Waals surface area contributed by atoms with Crippen molar-refractivity contribution in [2.75, 3.05) is 32.5 Å². The molecule has 4 atom stereocenters. The lowest BCUT2D eigenvalue weighted by Gasteiger charge is -2.50. The van der Waals surface area contributed by atoms with Gasteiger partial charge in [0.05, 0.1) is 23.8 Å². The molecule has 0 aliphatic heterocycles. The Bertz CT molecular complexity index is 1420. The molecule has 1 aromatic carbocycles. The Morgan fingerprint density at radius 3 is 2.48 bits per heavy atom. The monoisotopic (exact) mass is 558 g/mol. The van der Waals surface area contributed by atoms with Crippen LogP contribution in [0.15, 0.2) is 23.0 Å². The number of nitrogens with zero attached hydrogens (tertiary/aromatic N) is 1. The number of ketones is 2. The number of anilines is 1. The number of halogens is 1. The number of rotatable bonds is 7. The number of Topliss-reactive ketones (excluding diaryl/α,β-unsaturated/α-hetero) is 2. The SMILES string of the molecule is CN(C)[C@@H]1C(=O)C(C(N)=O)=C(O)[C@@]2(O)C(=O)C3=C(O)c4c(O)c(NC(=O)CNCC5CC5)cc(F)c4C[C@H]3C[C@@H]12. The van der Waals surface area contributed by atoms with Crippen LogP contribution in [0.5, 0.6) is 5.75 Å². The van der Waals surface area contributed by atoms with E-state index in [2.05, 4.69) is 10.6 Å². The highest BCUT2D eigenvalue weighted by atomic mass is 19.1. The Morgan fingerprint density at radius 2 is 1.88 bits per heavy atom. The van der Waals surface area contributed by atoms with Crippen molar-refractivity contribution in [3.8, 4) is 5.75 Å². The minimum atomic E-state index is -2.79. The van der Waals surface area contributed by atoms with Gasteiger partial charge in [-0.3, -0.25) is 24.1 Å². The highest BCUT2D eigenvalue weighted by Gasteiger charge is 2.64. The van der Waals surface area contributed by atoms with E-state index in [1.807, 2.05) is 0 Å². The van der Waals surface area contributed by atoms with E-state index in [0.29, 0.717) is 12.5 Å². The summed E-state index contributed by atoms with van der Waals surface area (Å²) in [5, 5.41) is 50.0. The van der Waals surface area contributed by atoms with Gasteiger partial charge in [0, 0.05) is 23.1 Å². The number of hydrogen-bond donors (Lipinski definition) is 7. The van der Waals surface area contributed by atoms with Crippen molar-refractivity contribution in [3.05, 3.63) is 39.9 Å². The van der Waals surface area contributed by atoms with Gasteiger partial charge in [0.1, 0.15) is 22.9 Å². The van der Waals surface area contributed by atoms with E-state index in [1.54, 1.807) is 0 Å². The zero-order valence-corrected chi connectivity index (χ0v) is 22.0. The number of benzene rings is 1. The van der Waals surface area contributed by atoms with Gasteiger partial charge in [0.25, 0.3) is 5.91 Å². The van der Waals surface area contributed by atoms with Gasteiger partial charge in [-0.05, 0) is 58.2 Å². The van der Waals surface area contributed by atoms with Crippen LogP contribution in [0.1, 0.15) is 30.4 Å². The van der Waals surface area contributed by atoms with E-state index in [4.69, 9.17) is 5.73 Å². The molecular weight excluding hydrogens is 527 g/mol. The zero-order chi connectivity index (χ0) is 29.3. The summed E-state index contributed by atoms with van der Waals surface area (Å²) >= 11 is 0. The highest BCUT2D eigenvalue weighted by molar-refractivity contribution is 6.24. The summed E-state index contributed by atoms with van der Waals surface area (Å²) in [6.07, 6.45) is 1.82. The number of nitrogens with one attached hydrogen (secondary N) is 2. The van der Waals surface area contributed by atoms with Gasteiger partial charge in [-0.1, -0.05) is 0 Å². The predicted octanol–water partition coefficient (Wildman–Crippen LogP) is 0.0412. The number of likely N-dealkylation sites (N-methyl/N-ethyl adjacent to an activating group) is 1. The largest absolute Gasteiger partial charge is 0.508 e. The number of phenols is 1. The van der Waals surface area contributed by atoms with E-state index < -0.39 is 86.7 Å². The second kappa shape index (κ2) is 9.68. The summed E-state index contributed by atoms with van der Waals surface area (Å²) in [6, 6.07) is -0.311. The fourth-order valence-electron chi connectivity index (χ4n) is 6.27.